The predicted molar refractivity (Wildman–Crippen MR) is 82.2 cm³/mol. The fourth-order valence-corrected chi connectivity index (χ4v) is 4.14. The van der Waals surface area contributed by atoms with Crippen molar-refractivity contribution in [1.82, 2.24) is 4.31 Å². The molecule has 0 spiro atoms. The first-order valence-corrected chi connectivity index (χ1v) is 9.08. The van der Waals surface area contributed by atoms with E-state index >= 15 is 0 Å². The molecule has 1 aromatic carbocycles. The minimum absolute atomic E-state index is 0.239. The van der Waals surface area contributed by atoms with Gasteiger partial charge in [0, 0.05) is 12.6 Å². The summed E-state index contributed by atoms with van der Waals surface area (Å²) in [5.74, 6) is 0. The van der Waals surface area contributed by atoms with Crippen LogP contribution in [0.5, 0.6) is 0 Å². The Balaban J connectivity index is 1.83. The molecule has 1 aliphatic rings. The highest BCUT2D eigenvalue weighted by Crippen LogP contribution is 2.31. The molecular formula is C16H25NO2S. The lowest BCUT2D eigenvalue weighted by Gasteiger charge is -2.06. The average Bonchev–Trinajstić information content (AvgIpc) is 3.19. The van der Waals surface area contributed by atoms with Crippen LogP contribution < -0.4 is 0 Å². The summed E-state index contributed by atoms with van der Waals surface area (Å²) in [5.41, 5.74) is 1.09. The van der Waals surface area contributed by atoms with E-state index in [1.54, 1.807) is 16.4 Å². The van der Waals surface area contributed by atoms with E-state index in [1.165, 1.54) is 25.7 Å². The molecule has 0 amide bonds. The van der Waals surface area contributed by atoms with Crippen LogP contribution in [0, 0.1) is 6.92 Å². The first-order chi connectivity index (χ1) is 9.55. The Morgan fingerprint density at radius 1 is 1.10 bits per heavy atom. The van der Waals surface area contributed by atoms with Crippen LogP contribution in [0.3, 0.4) is 0 Å². The van der Waals surface area contributed by atoms with E-state index in [2.05, 4.69) is 6.92 Å². The molecule has 4 heteroatoms. The van der Waals surface area contributed by atoms with Crippen molar-refractivity contribution in [1.29, 1.82) is 0 Å². The van der Waals surface area contributed by atoms with Crippen molar-refractivity contribution in [2.45, 2.75) is 63.3 Å². The minimum atomic E-state index is -3.25. The lowest BCUT2D eigenvalue weighted by atomic mass is 10.1. The smallest absolute Gasteiger partial charge is 0.207 e. The minimum Gasteiger partial charge on any atom is -0.207 e. The number of hydrogen-bond donors (Lipinski definition) is 0. The quantitative estimate of drug-likeness (QED) is 0.541. The Labute approximate surface area is 123 Å². The van der Waals surface area contributed by atoms with E-state index in [0.717, 1.165) is 18.4 Å². The molecule has 1 aliphatic heterocycles. The lowest BCUT2D eigenvalue weighted by Crippen LogP contribution is -2.14. The maximum absolute atomic E-state index is 12.4. The highest BCUT2D eigenvalue weighted by Gasteiger charge is 2.43. The molecule has 112 valence electrons. The maximum Gasteiger partial charge on any atom is 0.243 e. The molecule has 2 unspecified atom stereocenters. The van der Waals surface area contributed by atoms with Gasteiger partial charge in [-0.3, -0.25) is 0 Å². The molecular weight excluding hydrogens is 270 g/mol. The zero-order valence-electron chi connectivity index (χ0n) is 12.5. The van der Waals surface area contributed by atoms with Crippen LogP contribution in [0.4, 0.5) is 0 Å². The van der Waals surface area contributed by atoms with Gasteiger partial charge in [0.25, 0.3) is 0 Å². The maximum atomic E-state index is 12.4. The molecule has 1 heterocycles. The number of sulfonamides is 1. The highest BCUT2D eigenvalue weighted by molar-refractivity contribution is 7.89. The number of unbranched alkanes of at least 4 members (excludes halogenated alkanes) is 4. The van der Waals surface area contributed by atoms with Gasteiger partial charge in [-0.2, -0.15) is 4.31 Å². The van der Waals surface area contributed by atoms with Crippen molar-refractivity contribution in [3.8, 4) is 0 Å². The Hall–Kier alpha value is -0.870. The standard InChI is InChI=1S/C16H25NO2S/c1-3-4-5-6-7-8-15-13-17(15)20(18,19)16-11-9-14(2)10-12-16/h9-12,15H,3-8,13H2,1-2H3. The monoisotopic (exact) mass is 295 g/mol. The SMILES string of the molecule is CCCCCCCC1CN1S(=O)(=O)c1ccc(C)cc1. The van der Waals surface area contributed by atoms with Gasteiger partial charge in [-0.25, -0.2) is 8.42 Å². The van der Waals surface area contributed by atoms with Gasteiger partial charge in [-0.15, -0.1) is 0 Å². The summed E-state index contributed by atoms with van der Waals surface area (Å²) >= 11 is 0. The predicted octanol–water partition coefficient (Wildman–Crippen LogP) is 3.73. The van der Waals surface area contributed by atoms with Crippen LogP contribution in [0.2, 0.25) is 0 Å². The molecule has 1 aromatic rings. The summed E-state index contributed by atoms with van der Waals surface area (Å²) in [6.07, 6.45) is 7.18. The van der Waals surface area contributed by atoms with Crippen LogP contribution in [-0.2, 0) is 10.0 Å². The van der Waals surface area contributed by atoms with E-state index < -0.39 is 10.0 Å². The molecule has 0 aromatic heterocycles. The largest absolute Gasteiger partial charge is 0.243 e. The van der Waals surface area contributed by atoms with Crippen molar-refractivity contribution in [2.24, 2.45) is 0 Å². The third kappa shape index (κ3) is 3.83. The fourth-order valence-electron chi connectivity index (χ4n) is 2.52. The molecule has 0 saturated carbocycles. The molecule has 0 aliphatic carbocycles. The van der Waals surface area contributed by atoms with Gasteiger partial charge in [-0.05, 0) is 25.5 Å². The van der Waals surface area contributed by atoms with Gasteiger partial charge in [0.2, 0.25) is 10.0 Å². The van der Waals surface area contributed by atoms with Gasteiger partial charge in [-0.1, -0.05) is 56.7 Å². The molecule has 1 fully saturated rings. The third-order valence-corrected chi connectivity index (χ3v) is 5.87. The molecule has 0 bridgehead atoms. The second kappa shape index (κ2) is 6.72. The van der Waals surface area contributed by atoms with Gasteiger partial charge in [0.05, 0.1) is 4.90 Å². The van der Waals surface area contributed by atoms with Crippen molar-refractivity contribution in [3.05, 3.63) is 29.8 Å². The normalized spacial score (nSPS) is 21.9. The van der Waals surface area contributed by atoms with Crippen LogP contribution in [0.1, 0.15) is 51.0 Å². The van der Waals surface area contributed by atoms with Gasteiger partial charge >= 0.3 is 0 Å². The number of hydrogen-bond acceptors (Lipinski definition) is 2. The Kier molecular flexibility index (Phi) is 5.22. The zero-order chi connectivity index (χ0) is 14.6. The summed E-state index contributed by atoms with van der Waals surface area (Å²) in [6.45, 7) is 4.87. The summed E-state index contributed by atoms with van der Waals surface area (Å²) in [6, 6.07) is 7.37. The first-order valence-electron chi connectivity index (χ1n) is 7.64. The third-order valence-electron chi connectivity index (χ3n) is 3.93. The van der Waals surface area contributed by atoms with Crippen LogP contribution in [0.15, 0.2) is 29.2 Å². The number of aryl methyl sites for hydroxylation is 1. The second-order valence-corrected chi connectivity index (χ2v) is 7.64. The Bertz CT molecular complexity index is 522. The van der Waals surface area contributed by atoms with E-state index in [4.69, 9.17) is 0 Å². The highest BCUT2D eigenvalue weighted by atomic mass is 32.2. The van der Waals surface area contributed by atoms with Crippen molar-refractivity contribution in [2.75, 3.05) is 6.54 Å². The molecule has 0 N–H and O–H groups in total. The van der Waals surface area contributed by atoms with Crippen LogP contribution in [0.25, 0.3) is 0 Å². The molecule has 3 nitrogen and oxygen atoms in total. The Morgan fingerprint density at radius 2 is 1.75 bits per heavy atom. The topological polar surface area (TPSA) is 37.1 Å². The molecule has 0 radical (unpaired) electrons. The van der Waals surface area contributed by atoms with Gasteiger partial charge in [0.1, 0.15) is 0 Å². The van der Waals surface area contributed by atoms with Gasteiger partial charge in [0.15, 0.2) is 0 Å². The molecule has 20 heavy (non-hydrogen) atoms. The summed E-state index contributed by atoms with van der Waals surface area (Å²) in [5, 5.41) is 0. The lowest BCUT2D eigenvalue weighted by molar-refractivity contribution is 0.535. The van der Waals surface area contributed by atoms with Crippen molar-refractivity contribution >= 4 is 10.0 Å². The van der Waals surface area contributed by atoms with Gasteiger partial charge < -0.3 is 0 Å². The molecule has 2 atom stereocenters. The summed E-state index contributed by atoms with van der Waals surface area (Å²) < 4.78 is 26.4. The second-order valence-electron chi connectivity index (χ2n) is 5.74. The molecule has 1 saturated heterocycles. The Morgan fingerprint density at radius 3 is 2.40 bits per heavy atom. The average molecular weight is 295 g/mol. The first kappa shape index (κ1) is 15.5. The summed E-state index contributed by atoms with van der Waals surface area (Å²) in [4.78, 5) is 0.427. The van der Waals surface area contributed by atoms with Crippen LogP contribution in [-0.4, -0.2) is 25.3 Å². The number of rotatable bonds is 8. The van der Waals surface area contributed by atoms with Crippen LogP contribution >= 0.6 is 0 Å². The van der Waals surface area contributed by atoms with E-state index in [9.17, 15) is 8.42 Å². The number of benzene rings is 1. The van der Waals surface area contributed by atoms with E-state index in [1.807, 2.05) is 19.1 Å². The van der Waals surface area contributed by atoms with E-state index in [-0.39, 0.29) is 6.04 Å². The van der Waals surface area contributed by atoms with Crippen molar-refractivity contribution < 1.29 is 8.42 Å². The summed E-state index contributed by atoms with van der Waals surface area (Å²) in [7, 11) is -3.25. The number of nitrogens with zero attached hydrogens (tertiary/aromatic N) is 1. The fraction of sp³-hybridized carbons (Fsp3) is 0.625. The van der Waals surface area contributed by atoms with Crippen molar-refractivity contribution in [3.63, 3.8) is 0 Å². The zero-order valence-corrected chi connectivity index (χ0v) is 13.3. The van der Waals surface area contributed by atoms with E-state index in [0.29, 0.717) is 11.4 Å². The molecule has 2 rings (SSSR count).